The quantitative estimate of drug-likeness (QED) is 0.646. The molecule has 0 bridgehead atoms. The van der Waals surface area contributed by atoms with Crippen molar-refractivity contribution in [3.8, 4) is 0 Å². The molecule has 4 atom stereocenters. The van der Waals surface area contributed by atoms with Gasteiger partial charge in [-0.3, -0.25) is 0 Å². The van der Waals surface area contributed by atoms with Gasteiger partial charge in [-0.05, 0) is 6.92 Å². The van der Waals surface area contributed by atoms with Gasteiger partial charge in [0.2, 0.25) is 0 Å². The first-order valence-corrected chi connectivity index (χ1v) is 4.06. The number of methoxy groups -OCH3 is 2. The molecule has 0 aromatic carbocycles. The molecule has 72 valence electrons. The van der Waals surface area contributed by atoms with Crippen LogP contribution in [0.15, 0.2) is 0 Å². The van der Waals surface area contributed by atoms with Crippen molar-refractivity contribution in [3.05, 3.63) is 0 Å². The summed E-state index contributed by atoms with van der Waals surface area (Å²) in [4.78, 5) is 0. The number of aliphatic hydroxyl groups is 1. The summed E-state index contributed by atoms with van der Waals surface area (Å²) in [6.45, 7) is 2.28. The van der Waals surface area contributed by atoms with E-state index in [1.165, 1.54) is 0 Å². The molecule has 4 nitrogen and oxygen atoms in total. The number of ether oxygens (including phenoxy) is 3. The van der Waals surface area contributed by atoms with Crippen molar-refractivity contribution in [1.82, 2.24) is 0 Å². The lowest BCUT2D eigenvalue weighted by Crippen LogP contribution is -2.35. The first-order chi connectivity index (χ1) is 5.70. The highest BCUT2D eigenvalue weighted by molar-refractivity contribution is 4.89. The van der Waals surface area contributed by atoms with Crippen molar-refractivity contribution in [2.75, 3.05) is 20.8 Å². The molecule has 0 saturated carbocycles. The van der Waals surface area contributed by atoms with Gasteiger partial charge < -0.3 is 19.3 Å². The minimum absolute atomic E-state index is 0.148. The second-order valence-electron chi connectivity index (χ2n) is 3.03. The summed E-state index contributed by atoms with van der Waals surface area (Å²) in [6.07, 6.45) is -1.13. The molecule has 0 spiro atoms. The molecule has 0 aromatic heterocycles. The van der Waals surface area contributed by atoms with E-state index in [4.69, 9.17) is 14.2 Å². The summed E-state index contributed by atoms with van der Waals surface area (Å²) in [7, 11) is 3.17. The highest BCUT2D eigenvalue weighted by atomic mass is 16.6. The van der Waals surface area contributed by atoms with Crippen LogP contribution in [0.1, 0.15) is 6.92 Å². The Morgan fingerprint density at radius 1 is 1.42 bits per heavy atom. The Hall–Kier alpha value is -0.160. The average Bonchev–Trinajstić information content (AvgIpc) is 2.29. The van der Waals surface area contributed by atoms with Crippen molar-refractivity contribution in [2.24, 2.45) is 0 Å². The Kier molecular flexibility index (Phi) is 3.46. The first kappa shape index (κ1) is 9.92. The number of hydrogen-bond donors (Lipinski definition) is 1. The van der Waals surface area contributed by atoms with Crippen molar-refractivity contribution >= 4 is 0 Å². The normalized spacial score (nSPS) is 42.0. The van der Waals surface area contributed by atoms with Gasteiger partial charge in [-0.25, -0.2) is 0 Å². The molecule has 1 unspecified atom stereocenters. The molecule has 1 saturated heterocycles. The van der Waals surface area contributed by atoms with E-state index in [9.17, 15) is 5.11 Å². The maximum Gasteiger partial charge on any atom is 0.114 e. The van der Waals surface area contributed by atoms with Gasteiger partial charge >= 0.3 is 0 Å². The monoisotopic (exact) mass is 176 g/mol. The van der Waals surface area contributed by atoms with Gasteiger partial charge in [-0.2, -0.15) is 0 Å². The predicted octanol–water partition coefficient (Wildman–Crippen LogP) is -0.204. The first-order valence-electron chi connectivity index (χ1n) is 4.06. The summed E-state index contributed by atoms with van der Waals surface area (Å²) >= 11 is 0. The van der Waals surface area contributed by atoms with Gasteiger partial charge in [0, 0.05) is 14.2 Å². The molecule has 1 heterocycles. The van der Waals surface area contributed by atoms with Crippen LogP contribution < -0.4 is 0 Å². The van der Waals surface area contributed by atoms with Crippen LogP contribution >= 0.6 is 0 Å². The molecule has 4 heteroatoms. The van der Waals surface area contributed by atoms with Crippen LogP contribution in [0.3, 0.4) is 0 Å². The Bertz CT molecular complexity index is 139. The topological polar surface area (TPSA) is 47.9 Å². The molecule has 0 amide bonds. The summed E-state index contributed by atoms with van der Waals surface area (Å²) in [5.74, 6) is 0. The smallest absolute Gasteiger partial charge is 0.114 e. The average molecular weight is 176 g/mol. The highest BCUT2D eigenvalue weighted by Crippen LogP contribution is 2.23. The third-order valence-electron chi connectivity index (χ3n) is 2.18. The van der Waals surface area contributed by atoms with Crippen molar-refractivity contribution < 1.29 is 19.3 Å². The fourth-order valence-corrected chi connectivity index (χ4v) is 1.51. The zero-order chi connectivity index (χ0) is 9.14. The summed E-state index contributed by atoms with van der Waals surface area (Å²) in [5, 5.41) is 9.55. The van der Waals surface area contributed by atoms with E-state index in [2.05, 4.69) is 0 Å². The number of aliphatic hydroxyl groups excluding tert-OH is 1. The van der Waals surface area contributed by atoms with Crippen LogP contribution in [0.2, 0.25) is 0 Å². The lowest BCUT2D eigenvalue weighted by Gasteiger charge is -2.17. The zero-order valence-corrected chi connectivity index (χ0v) is 7.69. The van der Waals surface area contributed by atoms with E-state index in [1.54, 1.807) is 14.2 Å². The molecular formula is C8H16O4. The standard InChI is InChI=1S/C8H16O4/c1-5-7(9)8(11-3)6(12-5)4-10-2/h5-9H,4H2,1-3H3/t5-,6+,7+,8?/m0/s1. The molecule has 1 fully saturated rings. The molecule has 1 aliphatic rings. The third kappa shape index (κ3) is 1.77. The molecule has 1 aliphatic heterocycles. The van der Waals surface area contributed by atoms with Crippen molar-refractivity contribution in [1.29, 1.82) is 0 Å². The summed E-state index contributed by atoms with van der Waals surface area (Å²) < 4.78 is 15.5. The maximum atomic E-state index is 9.55. The van der Waals surface area contributed by atoms with Crippen LogP contribution in [-0.2, 0) is 14.2 Å². The van der Waals surface area contributed by atoms with Gasteiger partial charge in [0.25, 0.3) is 0 Å². The van der Waals surface area contributed by atoms with Gasteiger partial charge in [-0.1, -0.05) is 0 Å². The van der Waals surface area contributed by atoms with Crippen LogP contribution in [0.25, 0.3) is 0 Å². The number of hydrogen-bond acceptors (Lipinski definition) is 4. The van der Waals surface area contributed by atoms with Gasteiger partial charge in [0.1, 0.15) is 18.3 Å². The van der Waals surface area contributed by atoms with Crippen LogP contribution in [-0.4, -0.2) is 50.3 Å². The molecule has 0 aromatic rings. The fourth-order valence-electron chi connectivity index (χ4n) is 1.51. The molecule has 0 radical (unpaired) electrons. The molecule has 1 rings (SSSR count). The van der Waals surface area contributed by atoms with Crippen LogP contribution in [0, 0.1) is 0 Å². The molecule has 1 N–H and O–H groups in total. The second kappa shape index (κ2) is 4.18. The van der Waals surface area contributed by atoms with E-state index in [1.807, 2.05) is 6.92 Å². The van der Waals surface area contributed by atoms with E-state index < -0.39 is 6.10 Å². The lowest BCUT2D eigenvalue weighted by atomic mass is 10.1. The molecule has 12 heavy (non-hydrogen) atoms. The van der Waals surface area contributed by atoms with E-state index in [-0.39, 0.29) is 18.3 Å². The molecule has 0 aliphatic carbocycles. The van der Waals surface area contributed by atoms with E-state index >= 15 is 0 Å². The Morgan fingerprint density at radius 3 is 2.58 bits per heavy atom. The molecular weight excluding hydrogens is 160 g/mol. The van der Waals surface area contributed by atoms with E-state index in [0.29, 0.717) is 6.61 Å². The van der Waals surface area contributed by atoms with E-state index in [0.717, 1.165) is 0 Å². The largest absolute Gasteiger partial charge is 0.388 e. The summed E-state index contributed by atoms with van der Waals surface area (Å²) in [5.41, 5.74) is 0. The van der Waals surface area contributed by atoms with Gasteiger partial charge in [-0.15, -0.1) is 0 Å². The Labute approximate surface area is 72.4 Å². The third-order valence-corrected chi connectivity index (χ3v) is 2.18. The van der Waals surface area contributed by atoms with Gasteiger partial charge in [0.15, 0.2) is 0 Å². The number of rotatable bonds is 3. The predicted molar refractivity (Wildman–Crippen MR) is 43.0 cm³/mol. The SMILES string of the molecule is COC[C@H]1O[C@@H](C)[C@@H](O)C1OC. The Morgan fingerprint density at radius 2 is 2.08 bits per heavy atom. The zero-order valence-electron chi connectivity index (χ0n) is 7.69. The summed E-state index contributed by atoms with van der Waals surface area (Å²) in [6, 6.07) is 0. The highest BCUT2D eigenvalue weighted by Gasteiger charge is 2.41. The fraction of sp³-hybridized carbons (Fsp3) is 1.00. The van der Waals surface area contributed by atoms with Crippen LogP contribution in [0.5, 0.6) is 0 Å². The van der Waals surface area contributed by atoms with Crippen molar-refractivity contribution in [3.63, 3.8) is 0 Å². The Balaban J connectivity index is 2.52. The van der Waals surface area contributed by atoms with Crippen LogP contribution in [0.4, 0.5) is 0 Å². The second-order valence-corrected chi connectivity index (χ2v) is 3.03. The van der Waals surface area contributed by atoms with Crippen molar-refractivity contribution in [2.45, 2.75) is 31.3 Å². The minimum Gasteiger partial charge on any atom is -0.388 e. The van der Waals surface area contributed by atoms with Gasteiger partial charge in [0.05, 0.1) is 12.7 Å². The lowest BCUT2D eigenvalue weighted by molar-refractivity contribution is -0.0436. The minimum atomic E-state index is -0.546. The maximum absolute atomic E-state index is 9.55.